The molecule has 4 rings (SSSR count). The van der Waals surface area contributed by atoms with Gasteiger partial charge in [0.25, 0.3) is 5.91 Å². The van der Waals surface area contributed by atoms with Gasteiger partial charge >= 0.3 is 0 Å². The third-order valence-corrected chi connectivity index (χ3v) is 5.52. The van der Waals surface area contributed by atoms with Gasteiger partial charge in [0, 0.05) is 30.4 Å². The van der Waals surface area contributed by atoms with Crippen molar-refractivity contribution in [3.8, 4) is 0 Å². The zero-order valence-corrected chi connectivity index (χ0v) is 15.5. The smallest absolute Gasteiger partial charge is 0.255 e. The molecule has 2 aromatic rings. The van der Waals surface area contributed by atoms with E-state index < -0.39 is 0 Å². The Balaban J connectivity index is 1.39. The highest BCUT2D eigenvalue weighted by atomic mass is 16.3. The van der Waals surface area contributed by atoms with Gasteiger partial charge in [-0.25, -0.2) is 9.97 Å². The molecule has 26 heavy (non-hydrogen) atoms. The van der Waals surface area contributed by atoms with Crippen molar-refractivity contribution >= 4 is 11.7 Å². The molecular weight excluding hydrogens is 328 g/mol. The first-order valence-electron chi connectivity index (χ1n) is 9.57. The first kappa shape index (κ1) is 17.1. The van der Waals surface area contributed by atoms with Crippen LogP contribution in [0.5, 0.6) is 0 Å². The third-order valence-electron chi connectivity index (χ3n) is 5.52. The van der Waals surface area contributed by atoms with Crippen LogP contribution in [-0.4, -0.2) is 35.0 Å². The van der Waals surface area contributed by atoms with E-state index in [4.69, 9.17) is 4.42 Å². The molecule has 2 aromatic heterocycles. The number of aryl methyl sites for hydroxylation is 3. The van der Waals surface area contributed by atoms with Crippen LogP contribution in [0.1, 0.15) is 58.8 Å². The van der Waals surface area contributed by atoms with E-state index in [9.17, 15) is 4.79 Å². The Labute approximate surface area is 154 Å². The van der Waals surface area contributed by atoms with Crippen LogP contribution in [0, 0.1) is 13.8 Å². The van der Waals surface area contributed by atoms with Gasteiger partial charge in [0.1, 0.15) is 23.7 Å². The number of fused-ring (bicyclic) bond motifs is 1. The number of amides is 1. The molecule has 1 fully saturated rings. The summed E-state index contributed by atoms with van der Waals surface area (Å²) in [5, 5.41) is 3.17. The van der Waals surface area contributed by atoms with E-state index in [-0.39, 0.29) is 11.9 Å². The van der Waals surface area contributed by atoms with E-state index in [1.54, 1.807) is 6.33 Å². The molecule has 2 aliphatic rings. The van der Waals surface area contributed by atoms with Gasteiger partial charge in [-0.15, -0.1) is 0 Å². The SMILES string of the molecule is Cc1cc(C(=O)NC2CCN(c3ncnc4c3CCCC4)CC2)c(C)o1. The highest BCUT2D eigenvalue weighted by Crippen LogP contribution is 2.29. The number of furan rings is 1. The second kappa shape index (κ2) is 7.09. The Kier molecular flexibility index (Phi) is 4.66. The van der Waals surface area contributed by atoms with Gasteiger partial charge in [-0.05, 0) is 58.4 Å². The Bertz CT molecular complexity index is 806. The summed E-state index contributed by atoms with van der Waals surface area (Å²) in [5.41, 5.74) is 3.21. The first-order valence-corrected chi connectivity index (χ1v) is 9.57. The molecule has 0 spiro atoms. The topological polar surface area (TPSA) is 71.3 Å². The molecule has 1 amide bonds. The van der Waals surface area contributed by atoms with Crippen LogP contribution in [0.2, 0.25) is 0 Å². The quantitative estimate of drug-likeness (QED) is 0.917. The highest BCUT2D eigenvalue weighted by molar-refractivity contribution is 5.95. The summed E-state index contributed by atoms with van der Waals surface area (Å²) in [4.78, 5) is 23.9. The molecule has 138 valence electrons. The number of nitrogens with zero attached hydrogens (tertiary/aromatic N) is 3. The largest absolute Gasteiger partial charge is 0.466 e. The minimum Gasteiger partial charge on any atom is -0.466 e. The number of nitrogens with one attached hydrogen (secondary N) is 1. The van der Waals surface area contributed by atoms with Crippen molar-refractivity contribution < 1.29 is 9.21 Å². The zero-order chi connectivity index (χ0) is 18.1. The van der Waals surface area contributed by atoms with Crippen molar-refractivity contribution in [2.24, 2.45) is 0 Å². The minimum absolute atomic E-state index is 0.0304. The molecule has 0 saturated carbocycles. The normalized spacial score (nSPS) is 17.8. The average Bonchev–Trinajstić information content (AvgIpc) is 3.00. The lowest BCUT2D eigenvalue weighted by atomic mass is 9.95. The average molecular weight is 354 g/mol. The van der Waals surface area contributed by atoms with Crippen LogP contribution in [0.3, 0.4) is 0 Å². The molecule has 1 N–H and O–H groups in total. The molecule has 1 saturated heterocycles. The van der Waals surface area contributed by atoms with Crippen molar-refractivity contribution in [1.82, 2.24) is 15.3 Å². The molecule has 0 unspecified atom stereocenters. The van der Waals surface area contributed by atoms with E-state index in [0.717, 1.165) is 50.4 Å². The van der Waals surface area contributed by atoms with E-state index in [1.165, 1.54) is 24.1 Å². The summed E-state index contributed by atoms with van der Waals surface area (Å²) < 4.78 is 5.47. The van der Waals surface area contributed by atoms with Crippen molar-refractivity contribution in [3.05, 3.63) is 40.7 Å². The molecular formula is C20H26N4O2. The second-order valence-electron chi connectivity index (χ2n) is 7.39. The number of hydrogen-bond acceptors (Lipinski definition) is 5. The summed E-state index contributed by atoms with van der Waals surface area (Å²) in [6, 6.07) is 2.01. The predicted octanol–water partition coefficient (Wildman–Crippen LogP) is 2.96. The summed E-state index contributed by atoms with van der Waals surface area (Å²) >= 11 is 0. The highest BCUT2D eigenvalue weighted by Gasteiger charge is 2.26. The van der Waals surface area contributed by atoms with Gasteiger partial charge in [0.05, 0.1) is 5.56 Å². The fraction of sp³-hybridized carbons (Fsp3) is 0.550. The number of piperidine rings is 1. The van der Waals surface area contributed by atoms with E-state index in [2.05, 4.69) is 20.2 Å². The predicted molar refractivity (Wildman–Crippen MR) is 99.6 cm³/mol. The molecule has 6 nitrogen and oxygen atoms in total. The lowest BCUT2D eigenvalue weighted by Gasteiger charge is -2.35. The van der Waals surface area contributed by atoms with Crippen molar-refractivity contribution in [1.29, 1.82) is 0 Å². The van der Waals surface area contributed by atoms with Gasteiger partial charge < -0.3 is 14.6 Å². The van der Waals surface area contributed by atoms with E-state index >= 15 is 0 Å². The Morgan fingerprint density at radius 2 is 1.96 bits per heavy atom. The molecule has 0 radical (unpaired) electrons. The number of hydrogen-bond donors (Lipinski definition) is 1. The number of rotatable bonds is 3. The van der Waals surface area contributed by atoms with Gasteiger partial charge in [-0.3, -0.25) is 4.79 Å². The van der Waals surface area contributed by atoms with Crippen molar-refractivity contribution in [3.63, 3.8) is 0 Å². The van der Waals surface area contributed by atoms with E-state index in [1.807, 2.05) is 19.9 Å². The number of anilines is 1. The standard InChI is InChI=1S/C20H26N4O2/c1-13-11-17(14(2)26-13)20(25)23-15-7-9-24(10-8-15)19-16-5-3-4-6-18(16)21-12-22-19/h11-12,15H,3-10H2,1-2H3,(H,23,25). The molecule has 3 heterocycles. The maximum atomic E-state index is 12.5. The monoisotopic (exact) mass is 354 g/mol. The van der Waals surface area contributed by atoms with Crippen LogP contribution in [0.25, 0.3) is 0 Å². The molecule has 0 bridgehead atoms. The van der Waals surface area contributed by atoms with Gasteiger partial charge in [0.15, 0.2) is 0 Å². The number of aromatic nitrogens is 2. The lowest BCUT2D eigenvalue weighted by Crippen LogP contribution is -2.45. The fourth-order valence-electron chi connectivity index (χ4n) is 4.13. The Morgan fingerprint density at radius 3 is 2.69 bits per heavy atom. The second-order valence-corrected chi connectivity index (χ2v) is 7.39. The van der Waals surface area contributed by atoms with Crippen molar-refractivity contribution in [2.45, 2.75) is 58.4 Å². The maximum absolute atomic E-state index is 12.5. The van der Waals surface area contributed by atoms with Gasteiger partial charge in [-0.2, -0.15) is 0 Å². The number of carbonyl (C=O) groups excluding carboxylic acids is 1. The van der Waals surface area contributed by atoms with Crippen LogP contribution in [0.4, 0.5) is 5.82 Å². The van der Waals surface area contributed by atoms with Crippen LogP contribution < -0.4 is 10.2 Å². The minimum atomic E-state index is -0.0304. The first-order chi connectivity index (χ1) is 12.6. The Hall–Kier alpha value is -2.37. The van der Waals surface area contributed by atoms with Crippen LogP contribution in [-0.2, 0) is 12.8 Å². The molecule has 1 aliphatic heterocycles. The molecule has 6 heteroatoms. The van der Waals surface area contributed by atoms with Crippen LogP contribution in [0.15, 0.2) is 16.8 Å². The van der Waals surface area contributed by atoms with Crippen molar-refractivity contribution in [2.75, 3.05) is 18.0 Å². The molecule has 0 aromatic carbocycles. The fourth-order valence-corrected chi connectivity index (χ4v) is 4.13. The van der Waals surface area contributed by atoms with E-state index in [0.29, 0.717) is 11.3 Å². The third kappa shape index (κ3) is 3.32. The number of carbonyl (C=O) groups is 1. The van der Waals surface area contributed by atoms with Crippen LogP contribution >= 0.6 is 0 Å². The van der Waals surface area contributed by atoms with Gasteiger partial charge in [-0.1, -0.05) is 0 Å². The van der Waals surface area contributed by atoms with Gasteiger partial charge in [0.2, 0.25) is 0 Å². The summed E-state index contributed by atoms with van der Waals surface area (Å²) in [7, 11) is 0. The summed E-state index contributed by atoms with van der Waals surface area (Å²) in [6.07, 6.45) is 8.17. The zero-order valence-electron chi connectivity index (χ0n) is 15.5. The Morgan fingerprint density at radius 1 is 1.19 bits per heavy atom. The summed E-state index contributed by atoms with van der Waals surface area (Å²) in [6.45, 7) is 5.53. The summed E-state index contributed by atoms with van der Waals surface area (Å²) in [5.74, 6) is 2.54. The maximum Gasteiger partial charge on any atom is 0.255 e. The lowest BCUT2D eigenvalue weighted by molar-refractivity contribution is 0.0929. The molecule has 0 atom stereocenters. The molecule has 1 aliphatic carbocycles.